The van der Waals surface area contributed by atoms with Crippen LogP contribution in [-0.4, -0.2) is 51.1 Å². The average Bonchev–Trinajstić information content (AvgIpc) is 2.49. The van der Waals surface area contributed by atoms with Gasteiger partial charge in [-0.2, -0.15) is 0 Å². The maximum Gasteiger partial charge on any atom is 0.176 e. The van der Waals surface area contributed by atoms with Crippen molar-refractivity contribution in [2.45, 2.75) is 12.8 Å². The van der Waals surface area contributed by atoms with Crippen LogP contribution in [0.25, 0.3) is 0 Å². The van der Waals surface area contributed by atoms with Crippen molar-refractivity contribution in [3.8, 4) is 5.75 Å². The Morgan fingerprint density at radius 3 is 2.40 bits per heavy atom. The molecular formula is C16H23NO3. The molecule has 2 rings (SSSR count). The van der Waals surface area contributed by atoms with Crippen LogP contribution in [0.15, 0.2) is 24.3 Å². The Morgan fingerprint density at radius 1 is 1.20 bits per heavy atom. The van der Waals surface area contributed by atoms with E-state index in [9.17, 15) is 4.79 Å². The van der Waals surface area contributed by atoms with Crippen LogP contribution in [0, 0.1) is 5.92 Å². The summed E-state index contributed by atoms with van der Waals surface area (Å²) in [5.41, 5.74) is 0.754. The highest BCUT2D eigenvalue weighted by Crippen LogP contribution is 2.18. The third-order valence-electron chi connectivity index (χ3n) is 3.89. The summed E-state index contributed by atoms with van der Waals surface area (Å²) in [6, 6.07) is 7.33. The van der Waals surface area contributed by atoms with Gasteiger partial charge in [0.05, 0.1) is 13.7 Å². The fraction of sp³-hybridized carbons (Fsp3) is 0.562. The Bertz CT molecular complexity index is 422. The van der Waals surface area contributed by atoms with E-state index in [-0.39, 0.29) is 5.78 Å². The molecule has 4 nitrogen and oxygen atoms in total. The van der Waals surface area contributed by atoms with Gasteiger partial charge in [0.1, 0.15) is 5.75 Å². The molecule has 1 aliphatic rings. The van der Waals surface area contributed by atoms with Crippen LogP contribution in [0.2, 0.25) is 0 Å². The van der Waals surface area contributed by atoms with Crippen LogP contribution in [-0.2, 0) is 4.74 Å². The molecule has 0 saturated carbocycles. The first-order chi connectivity index (χ1) is 9.72. The molecule has 1 aromatic rings. The van der Waals surface area contributed by atoms with Gasteiger partial charge in [-0.15, -0.1) is 0 Å². The van der Waals surface area contributed by atoms with Gasteiger partial charge < -0.3 is 9.47 Å². The van der Waals surface area contributed by atoms with E-state index in [1.165, 1.54) is 0 Å². The lowest BCUT2D eigenvalue weighted by molar-refractivity contribution is 0.0810. The normalized spacial score (nSPS) is 17.1. The maximum atomic E-state index is 12.2. The first-order valence-electron chi connectivity index (χ1n) is 7.11. The van der Waals surface area contributed by atoms with Gasteiger partial charge in [-0.05, 0) is 56.1 Å². The number of likely N-dealkylation sites (tertiary alicyclic amines) is 1. The summed E-state index contributed by atoms with van der Waals surface area (Å²) < 4.78 is 10.3. The predicted molar refractivity (Wildman–Crippen MR) is 78.4 cm³/mol. The number of Topliss-reactive ketones (excluding diaryl/α,β-unsaturated/α-hetero) is 1. The minimum absolute atomic E-state index is 0.179. The van der Waals surface area contributed by atoms with E-state index in [1.807, 2.05) is 24.3 Å². The molecule has 20 heavy (non-hydrogen) atoms. The fourth-order valence-electron chi connectivity index (χ4n) is 2.62. The summed E-state index contributed by atoms with van der Waals surface area (Å²) in [6.45, 7) is 3.30. The zero-order valence-corrected chi connectivity index (χ0v) is 12.3. The second-order valence-electron chi connectivity index (χ2n) is 5.33. The molecule has 0 spiro atoms. The van der Waals surface area contributed by atoms with Gasteiger partial charge in [-0.25, -0.2) is 0 Å². The summed E-state index contributed by atoms with van der Waals surface area (Å²) in [7, 11) is 3.38. The fourth-order valence-corrected chi connectivity index (χ4v) is 2.62. The molecule has 0 radical (unpaired) electrons. The van der Waals surface area contributed by atoms with Crippen molar-refractivity contribution in [3.63, 3.8) is 0 Å². The van der Waals surface area contributed by atoms with Gasteiger partial charge in [-0.3, -0.25) is 9.69 Å². The van der Waals surface area contributed by atoms with Gasteiger partial charge in [0.15, 0.2) is 5.78 Å². The second kappa shape index (κ2) is 7.41. The van der Waals surface area contributed by atoms with Crippen LogP contribution >= 0.6 is 0 Å². The minimum atomic E-state index is 0.179. The molecule has 0 atom stereocenters. The SMILES string of the molecule is COCC1CCN(CC(=O)c2ccc(OC)cc2)CC1. The molecule has 0 unspecified atom stereocenters. The quantitative estimate of drug-likeness (QED) is 0.748. The van der Waals surface area contributed by atoms with Crippen LogP contribution in [0.5, 0.6) is 5.75 Å². The van der Waals surface area contributed by atoms with E-state index in [2.05, 4.69) is 4.90 Å². The van der Waals surface area contributed by atoms with E-state index >= 15 is 0 Å². The third-order valence-corrected chi connectivity index (χ3v) is 3.89. The highest BCUT2D eigenvalue weighted by atomic mass is 16.5. The van der Waals surface area contributed by atoms with Crippen molar-refractivity contribution in [2.24, 2.45) is 5.92 Å². The lowest BCUT2D eigenvalue weighted by atomic mass is 9.97. The lowest BCUT2D eigenvalue weighted by Crippen LogP contribution is -2.38. The molecule has 1 heterocycles. The van der Waals surface area contributed by atoms with Crippen molar-refractivity contribution in [1.82, 2.24) is 4.90 Å². The molecule has 0 amide bonds. The van der Waals surface area contributed by atoms with Gasteiger partial charge >= 0.3 is 0 Å². The van der Waals surface area contributed by atoms with E-state index in [4.69, 9.17) is 9.47 Å². The number of piperidine rings is 1. The summed E-state index contributed by atoms with van der Waals surface area (Å²) >= 11 is 0. The molecule has 1 aromatic carbocycles. The van der Waals surface area contributed by atoms with Crippen molar-refractivity contribution in [2.75, 3.05) is 40.5 Å². The first kappa shape index (κ1) is 15.0. The standard InChI is InChI=1S/C16H23NO3/c1-19-12-13-7-9-17(10-8-13)11-16(18)14-3-5-15(20-2)6-4-14/h3-6,13H,7-12H2,1-2H3. The zero-order valence-electron chi connectivity index (χ0n) is 12.3. The van der Waals surface area contributed by atoms with Gasteiger partial charge in [0, 0.05) is 19.3 Å². The van der Waals surface area contributed by atoms with Crippen LogP contribution < -0.4 is 4.74 Å². The topological polar surface area (TPSA) is 38.8 Å². The Kier molecular flexibility index (Phi) is 5.56. The lowest BCUT2D eigenvalue weighted by Gasteiger charge is -2.31. The molecule has 1 fully saturated rings. The van der Waals surface area contributed by atoms with Crippen molar-refractivity contribution in [3.05, 3.63) is 29.8 Å². The number of hydrogen-bond acceptors (Lipinski definition) is 4. The Hall–Kier alpha value is -1.39. The van der Waals surface area contributed by atoms with Crippen LogP contribution in [0.3, 0.4) is 0 Å². The average molecular weight is 277 g/mol. The first-order valence-corrected chi connectivity index (χ1v) is 7.11. The smallest absolute Gasteiger partial charge is 0.176 e. The number of benzene rings is 1. The largest absolute Gasteiger partial charge is 0.497 e. The molecule has 4 heteroatoms. The van der Waals surface area contributed by atoms with Crippen molar-refractivity contribution < 1.29 is 14.3 Å². The van der Waals surface area contributed by atoms with E-state index < -0.39 is 0 Å². The number of methoxy groups -OCH3 is 2. The zero-order chi connectivity index (χ0) is 14.4. The highest BCUT2D eigenvalue weighted by Gasteiger charge is 2.21. The summed E-state index contributed by atoms with van der Waals surface area (Å²) in [6.07, 6.45) is 2.23. The molecule has 1 aliphatic heterocycles. The van der Waals surface area contributed by atoms with Gasteiger partial charge in [-0.1, -0.05) is 0 Å². The molecule has 0 aliphatic carbocycles. The number of rotatable bonds is 6. The molecular weight excluding hydrogens is 254 g/mol. The minimum Gasteiger partial charge on any atom is -0.497 e. The number of ether oxygens (including phenoxy) is 2. The molecule has 0 aromatic heterocycles. The summed E-state index contributed by atoms with van der Waals surface area (Å²) in [4.78, 5) is 14.4. The molecule has 0 N–H and O–H groups in total. The molecule has 0 bridgehead atoms. The number of hydrogen-bond donors (Lipinski definition) is 0. The van der Waals surface area contributed by atoms with Crippen molar-refractivity contribution in [1.29, 1.82) is 0 Å². The third kappa shape index (κ3) is 4.05. The maximum absolute atomic E-state index is 12.2. The monoisotopic (exact) mass is 277 g/mol. The van der Waals surface area contributed by atoms with E-state index in [0.29, 0.717) is 12.5 Å². The predicted octanol–water partition coefficient (Wildman–Crippen LogP) is 2.24. The summed E-state index contributed by atoms with van der Waals surface area (Å²) in [5, 5.41) is 0. The Morgan fingerprint density at radius 2 is 1.85 bits per heavy atom. The molecule has 1 saturated heterocycles. The summed E-state index contributed by atoms with van der Waals surface area (Å²) in [5.74, 6) is 1.60. The molecule has 110 valence electrons. The highest BCUT2D eigenvalue weighted by molar-refractivity contribution is 5.97. The van der Waals surface area contributed by atoms with Crippen molar-refractivity contribution >= 4 is 5.78 Å². The van der Waals surface area contributed by atoms with Crippen LogP contribution in [0.4, 0.5) is 0 Å². The van der Waals surface area contributed by atoms with Gasteiger partial charge in [0.25, 0.3) is 0 Å². The number of carbonyl (C=O) groups is 1. The van der Waals surface area contributed by atoms with E-state index in [0.717, 1.165) is 43.9 Å². The Balaban J connectivity index is 1.82. The van der Waals surface area contributed by atoms with E-state index in [1.54, 1.807) is 14.2 Å². The number of carbonyl (C=O) groups excluding carboxylic acids is 1. The second-order valence-corrected chi connectivity index (χ2v) is 5.33. The van der Waals surface area contributed by atoms with Crippen LogP contribution in [0.1, 0.15) is 23.2 Å². The number of ketones is 1. The van der Waals surface area contributed by atoms with Gasteiger partial charge in [0.2, 0.25) is 0 Å². The Labute approximate surface area is 120 Å². The number of nitrogens with zero attached hydrogens (tertiary/aromatic N) is 1.